The van der Waals surface area contributed by atoms with Crippen molar-refractivity contribution in [3.8, 4) is 0 Å². The molecule has 0 unspecified atom stereocenters. The third-order valence-corrected chi connectivity index (χ3v) is 2.48. The fourth-order valence-corrected chi connectivity index (χ4v) is 1.45. The zero-order chi connectivity index (χ0) is 11.1. The standard InChI is InChI=1S/C11H12BrNO2/c12-9-3-1-2-4-10-5-7-11(8-6-10)13(14)15/h2,4-8H,1,3,9H2/b4-2+. The first kappa shape index (κ1) is 11.9. The summed E-state index contributed by atoms with van der Waals surface area (Å²) in [7, 11) is 0. The highest BCUT2D eigenvalue weighted by atomic mass is 79.9. The fraction of sp³-hybridized carbons (Fsp3) is 0.273. The molecule has 0 atom stereocenters. The molecular formula is C11H12BrNO2. The van der Waals surface area contributed by atoms with Gasteiger partial charge in [0.25, 0.3) is 5.69 Å². The molecule has 0 aromatic heterocycles. The largest absolute Gasteiger partial charge is 0.269 e. The lowest BCUT2D eigenvalue weighted by molar-refractivity contribution is -0.384. The number of alkyl halides is 1. The Hall–Kier alpha value is -1.16. The van der Waals surface area contributed by atoms with Gasteiger partial charge in [-0.3, -0.25) is 10.1 Å². The summed E-state index contributed by atoms with van der Waals surface area (Å²) in [6.45, 7) is 0. The van der Waals surface area contributed by atoms with Crippen LogP contribution in [0.25, 0.3) is 6.08 Å². The van der Waals surface area contributed by atoms with Crippen molar-refractivity contribution in [2.75, 3.05) is 5.33 Å². The number of halogens is 1. The molecule has 1 aromatic carbocycles. The van der Waals surface area contributed by atoms with Crippen LogP contribution in [-0.2, 0) is 0 Å². The number of nitro groups is 1. The van der Waals surface area contributed by atoms with Crippen molar-refractivity contribution in [3.05, 3.63) is 46.0 Å². The first-order valence-corrected chi connectivity index (χ1v) is 5.83. The molecule has 0 bridgehead atoms. The maximum atomic E-state index is 10.4. The number of allylic oxidation sites excluding steroid dienone is 1. The molecule has 1 rings (SSSR count). The number of nitro benzene ring substituents is 1. The molecule has 4 heteroatoms. The van der Waals surface area contributed by atoms with Gasteiger partial charge >= 0.3 is 0 Å². The lowest BCUT2D eigenvalue weighted by Gasteiger charge is -1.93. The van der Waals surface area contributed by atoms with Crippen molar-refractivity contribution < 1.29 is 4.92 Å². The maximum Gasteiger partial charge on any atom is 0.269 e. The topological polar surface area (TPSA) is 43.1 Å². The Morgan fingerprint density at radius 3 is 2.53 bits per heavy atom. The van der Waals surface area contributed by atoms with Crippen LogP contribution in [0.4, 0.5) is 5.69 Å². The average molecular weight is 270 g/mol. The highest BCUT2D eigenvalue weighted by Crippen LogP contribution is 2.13. The highest BCUT2D eigenvalue weighted by Gasteiger charge is 2.01. The Balaban J connectivity index is 2.56. The SMILES string of the molecule is O=[N+]([O-])c1ccc(/C=C/CCCBr)cc1. The van der Waals surface area contributed by atoms with Crippen LogP contribution in [0.15, 0.2) is 30.3 Å². The van der Waals surface area contributed by atoms with Crippen LogP contribution in [0.5, 0.6) is 0 Å². The van der Waals surface area contributed by atoms with Gasteiger partial charge in [-0.25, -0.2) is 0 Å². The number of non-ortho nitro benzene ring substituents is 1. The van der Waals surface area contributed by atoms with Crippen LogP contribution in [0, 0.1) is 10.1 Å². The third-order valence-electron chi connectivity index (χ3n) is 1.92. The maximum absolute atomic E-state index is 10.4. The van der Waals surface area contributed by atoms with Crippen molar-refractivity contribution in [2.24, 2.45) is 0 Å². The van der Waals surface area contributed by atoms with Crippen molar-refractivity contribution in [2.45, 2.75) is 12.8 Å². The molecule has 0 amide bonds. The summed E-state index contributed by atoms with van der Waals surface area (Å²) in [5, 5.41) is 11.4. The van der Waals surface area contributed by atoms with E-state index in [0.29, 0.717) is 0 Å². The molecule has 0 N–H and O–H groups in total. The number of nitrogens with zero attached hydrogens (tertiary/aromatic N) is 1. The normalized spacial score (nSPS) is 10.7. The Labute approximate surface area is 97.1 Å². The van der Waals surface area contributed by atoms with Crippen LogP contribution in [0.1, 0.15) is 18.4 Å². The van der Waals surface area contributed by atoms with E-state index in [4.69, 9.17) is 0 Å². The monoisotopic (exact) mass is 269 g/mol. The minimum atomic E-state index is -0.391. The molecule has 0 radical (unpaired) electrons. The van der Waals surface area contributed by atoms with Crippen LogP contribution < -0.4 is 0 Å². The Morgan fingerprint density at radius 1 is 1.33 bits per heavy atom. The summed E-state index contributed by atoms with van der Waals surface area (Å²) >= 11 is 3.35. The molecule has 1 aromatic rings. The molecule has 15 heavy (non-hydrogen) atoms. The number of unbranched alkanes of at least 4 members (excludes halogenated alkanes) is 1. The quantitative estimate of drug-likeness (QED) is 0.353. The number of rotatable bonds is 5. The fourth-order valence-electron chi connectivity index (χ4n) is 1.12. The van der Waals surface area contributed by atoms with Crippen molar-refractivity contribution in [1.82, 2.24) is 0 Å². The average Bonchev–Trinajstić information content (AvgIpc) is 2.25. The van der Waals surface area contributed by atoms with E-state index in [1.54, 1.807) is 12.1 Å². The minimum Gasteiger partial charge on any atom is -0.258 e. The van der Waals surface area contributed by atoms with E-state index < -0.39 is 4.92 Å². The second kappa shape index (κ2) is 6.35. The van der Waals surface area contributed by atoms with Crippen LogP contribution in [0.2, 0.25) is 0 Å². The van der Waals surface area contributed by atoms with Gasteiger partial charge in [0.15, 0.2) is 0 Å². The molecule has 0 fully saturated rings. The van der Waals surface area contributed by atoms with Crippen LogP contribution in [0.3, 0.4) is 0 Å². The summed E-state index contributed by atoms with van der Waals surface area (Å²) in [6, 6.07) is 6.54. The third kappa shape index (κ3) is 4.25. The van der Waals surface area contributed by atoms with Gasteiger partial charge in [0.1, 0.15) is 0 Å². The summed E-state index contributed by atoms with van der Waals surface area (Å²) in [5.74, 6) is 0. The number of hydrogen-bond donors (Lipinski definition) is 0. The van der Waals surface area contributed by atoms with E-state index in [9.17, 15) is 10.1 Å². The minimum absolute atomic E-state index is 0.132. The Kier molecular flexibility index (Phi) is 5.04. The lowest BCUT2D eigenvalue weighted by Crippen LogP contribution is -1.86. The van der Waals surface area contributed by atoms with Gasteiger partial charge in [0.05, 0.1) is 4.92 Å². The van der Waals surface area contributed by atoms with Gasteiger partial charge in [-0.05, 0) is 30.5 Å². The van der Waals surface area contributed by atoms with E-state index in [0.717, 1.165) is 23.7 Å². The van der Waals surface area contributed by atoms with Gasteiger partial charge in [-0.1, -0.05) is 28.1 Å². The van der Waals surface area contributed by atoms with Crippen molar-refractivity contribution >= 4 is 27.7 Å². The predicted molar refractivity (Wildman–Crippen MR) is 65.2 cm³/mol. The van der Waals surface area contributed by atoms with Gasteiger partial charge in [-0.15, -0.1) is 0 Å². The summed E-state index contributed by atoms with van der Waals surface area (Å²) in [6.07, 6.45) is 6.17. The first-order valence-electron chi connectivity index (χ1n) is 4.71. The summed E-state index contributed by atoms with van der Waals surface area (Å²) in [4.78, 5) is 10.0. The van der Waals surface area contributed by atoms with Gasteiger partial charge in [-0.2, -0.15) is 0 Å². The molecule has 0 heterocycles. The van der Waals surface area contributed by atoms with Crippen LogP contribution >= 0.6 is 15.9 Å². The van der Waals surface area contributed by atoms with Gasteiger partial charge < -0.3 is 0 Å². The number of hydrogen-bond acceptors (Lipinski definition) is 2. The molecule has 3 nitrogen and oxygen atoms in total. The second-order valence-corrected chi connectivity index (χ2v) is 3.88. The second-order valence-electron chi connectivity index (χ2n) is 3.08. The first-order chi connectivity index (χ1) is 7.24. The predicted octanol–water partition coefficient (Wildman–Crippen LogP) is 3.78. The molecule has 0 spiro atoms. The molecule has 0 aliphatic rings. The van der Waals surface area contributed by atoms with Crippen LogP contribution in [-0.4, -0.2) is 10.3 Å². The van der Waals surface area contributed by atoms with E-state index in [1.165, 1.54) is 12.1 Å². The van der Waals surface area contributed by atoms with Gasteiger partial charge in [0, 0.05) is 17.5 Å². The van der Waals surface area contributed by atoms with E-state index in [1.807, 2.05) is 6.08 Å². The molecule has 0 aliphatic carbocycles. The highest BCUT2D eigenvalue weighted by molar-refractivity contribution is 9.09. The summed E-state index contributed by atoms with van der Waals surface area (Å²) in [5.41, 5.74) is 1.13. The zero-order valence-electron chi connectivity index (χ0n) is 8.23. The van der Waals surface area contributed by atoms with E-state index >= 15 is 0 Å². The zero-order valence-corrected chi connectivity index (χ0v) is 9.81. The molecule has 0 saturated carbocycles. The van der Waals surface area contributed by atoms with E-state index in [2.05, 4.69) is 22.0 Å². The number of benzene rings is 1. The molecule has 0 saturated heterocycles. The summed E-state index contributed by atoms with van der Waals surface area (Å²) < 4.78 is 0. The van der Waals surface area contributed by atoms with Gasteiger partial charge in [0.2, 0.25) is 0 Å². The van der Waals surface area contributed by atoms with Crippen molar-refractivity contribution in [3.63, 3.8) is 0 Å². The Morgan fingerprint density at radius 2 is 2.00 bits per heavy atom. The van der Waals surface area contributed by atoms with Crippen molar-refractivity contribution in [1.29, 1.82) is 0 Å². The molecule has 80 valence electrons. The lowest BCUT2D eigenvalue weighted by atomic mass is 10.2. The molecular weight excluding hydrogens is 258 g/mol. The van der Waals surface area contributed by atoms with E-state index in [-0.39, 0.29) is 5.69 Å². The smallest absolute Gasteiger partial charge is 0.258 e. The Bertz CT molecular complexity index is 346. The molecule has 0 aliphatic heterocycles.